The van der Waals surface area contributed by atoms with Gasteiger partial charge in [-0.3, -0.25) is 4.79 Å². The van der Waals surface area contributed by atoms with Gasteiger partial charge in [-0.15, -0.1) is 4.91 Å². The number of hydrogen-bond acceptors (Lipinski definition) is 7. The van der Waals surface area contributed by atoms with Gasteiger partial charge in [0.2, 0.25) is 0 Å². The number of amidine groups is 1. The predicted octanol–water partition coefficient (Wildman–Crippen LogP) is 5.88. The molecule has 0 aliphatic carbocycles. The molecule has 10 heteroatoms. The Morgan fingerprint density at radius 1 is 1.03 bits per heavy atom. The van der Waals surface area contributed by atoms with Crippen LogP contribution in [0.1, 0.15) is 37.6 Å². The number of carbonyl (C=O) groups excluding carboxylic acids is 1. The van der Waals surface area contributed by atoms with Gasteiger partial charge in [0.15, 0.2) is 5.84 Å². The third-order valence-electron chi connectivity index (χ3n) is 5.56. The SMILES string of the molecule is CC/C(C)=C/N=C(Nc1cccc(NC)c1)/C(=C(\C)N)N(N=O)c1ccc(C(=O)Nc2ccccn2)cc1. The lowest BCUT2D eigenvalue weighted by atomic mass is 10.1. The molecule has 10 nitrogen and oxygen atoms in total. The average molecular weight is 513 g/mol. The Kier molecular flexibility index (Phi) is 9.70. The summed E-state index contributed by atoms with van der Waals surface area (Å²) >= 11 is 0. The third-order valence-corrected chi connectivity index (χ3v) is 5.56. The van der Waals surface area contributed by atoms with Crippen LogP contribution in [0, 0.1) is 4.91 Å². The number of pyridine rings is 1. The molecule has 0 spiro atoms. The Hall–Kier alpha value is -4.99. The van der Waals surface area contributed by atoms with E-state index >= 15 is 0 Å². The van der Waals surface area contributed by atoms with Crippen LogP contribution < -0.4 is 26.7 Å². The van der Waals surface area contributed by atoms with Gasteiger partial charge in [0.1, 0.15) is 11.5 Å². The van der Waals surface area contributed by atoms with Crippen LogP contribution >= 0.6 is 0 Å². The molecule has 3 aromatic rings. The first-order valence-electron chi connectivity index (χ1n) is 12.1. The molecule has 1 aromatic heterocycles. The molecule has 0 aliphatic heterocycles. The molecule has 3 rings (SSSR count). The number of hydrogen-bond donors (Lipinski definition) is 4. The molecule has 0 saturated carbocycles. The molecule has 5 N–H and O–H groups in total. The molecule has 0 fully saturated rings. The van der Waals surface area contributed by atoms with Crippen LogP contribution in [0.15, 0.2) is 106 Å². The van der Waals surface area contributed by atoms with Crippen LogP contribution in [0.25, 0.3) is 0 Å². The fourth-order valence-electron chi connectivity index (χ4n) is 3.36. The normalized spacial score (nSPS) is 12.3. The van der Waals surface area contributed by atoms with E-state index in [2.05, 4.69) is 31.2 Å². The molecule has 0 unspecified atom stereocenters. The van der Waals surface area contributed by atoms with Crippen LogP contribution in [0.2, 0.25) is 0 Å². The number of allylic oxidation sites excluding steroid dienone is 2. The number of amides is 1. The Morgan fingerprint density at radius 2 is 1.76 bits per heavy atom. The van der Waals surface area contributed by atoms with Gasteiger partial charge < -0.3 is 21.7 Å². The van der Waals surface area contributed by atoms with Gasteiger partial charge in [-0.05, 0) is 74.9 Å². The second-order valence-corrected chi connectivity index (χ2v) is 8.40. The molecule has 0 bridgehead atoms. The van der Waals surface area contributed by atoms with Gasteiger partial charge >= 0.3 is 0 Å². The topological polar surface area (TPSA) is 137 Å². The number of aliphatic imine (C=N–C) groups is 1. The smallest absolute Gasteiger partial charge is 0.256 e. The minimum absolute atomic E-state index is 0.278. The van der Waals surface area contributed by atoms with Crippen molar-refractivity contribution in [1.82, 2.24) is 4.98 Å². The van der Waals surface area contributed by atoms with Crippen molar-refractivity contribution in [1.29, 1.82) is 0 Å². The first kappa shape index (κ1) is 27.6. The third kappa shape index (κ3) is 7.26. The van der Waals surface area contributed by atoms with Gasteiger partial charge in [0, 0.05) is 42.1 Å². The Morgan fingerprint density at radius 3 is 2.37 bits per heavy atom. The van der Waals surface area contributed by atoms with Crippen molar-refractivity contribution >= 4 is 34.6 Å². The summed E-state index contributed by atoms with van der Waals surface area (Å²) in [6.45, 7) is 5.66. The number of anilines is 4. The number of nitrogens with two attached hydrogens (primary N) is 1. The molecular formula is C28H32N8O2. The largest absolute Gasteiger partial charge is 0.400 e. The summed E-state index contributed by atoms with van der Waals surface area (Å²) in [7, 11) is 1.83. The highest BCUT2D eigenvalue weighted by Crippen LogP contribution is 2.25. The van der Waals surface area contributed by atoms with E-state index in [1.165, 1.54) is 0 Å². The van der Waals surface area contributed by atoms with Crippen LogP contribution in [0.5, 0.6) is 0 Å². The monoisotopic (exact) mass is 512 g/mol. The van der Waals surface area contributed by atoms with E-state index in [-0.39, 0.29) is 11.6 Å². The lowest BCUT2D eigenvalue weighted by Crippen LogP contribution is -2.30. The number of nitroso groups, excluding NO2 is 1. The molecule has 0 saturated heterocycles. The maximum atomic E-state index is 12.6. The Balaban J connectivity index is 1.96. The fraction of sp³-hybridized carbons (Fsp3) is 0.179. The maximum absolute atomic E-state index is 12.6. The summed E-state index contributed by atoms with van der Waals surface area (Å²) in [6, 6.07) is 19.3. The van der Waals surface area contributed by atoms with Crippen LogP contribution in [0.4, 0.5) is 22.9 Å². The first-order valence-corrected chi connectivity index (χ1v) is 12.1. The molecule has 1 amide bonds. The number of benzene rings is 2. The summed E-state index contributed by atoms with van der Waals surface area (Å²) in [4.78, 5) is 33.5. The van der Waals surface area contributed by atoms with E-state index in [0.717, 1.165) is 28.4 Å². The molecule has 196 valence electrons. The van der Waals surface area contributed by atoms with Crippen molar-refractivity contribution in [3.8, 4) is 0 Å². The highest BCUT2D eigenvalue weighted by Gasteiger charge is 2.22. The van der Waals surface area contributed by atoms with Crippen LogP contribution in [-0.2, 0) is 0 Å². The highest BCUT2D eigenvalue weighted by molar-refractivity contribution is 6.11. The van der Waals surface area contributed by atoms with Gasteiger partial charge in [-0.1, -0.05) is 24.6 Å². The molecule has 0 aliphatic rings. The minimum atomic E-state index is -0.333. The number of nitrogens with zero attached hydrogens (tertiary/aromatic N) is 4. The van der Waals surface area contributed by atoms with E-state index in [4.69, 9.17) is 5.73 Å². The number of carbonyl (C=O) groups is 1. The Bertz CT molecular complexity index is 1340. The number of rotatable bonds is 10. The standard InChI is InChI=1S/C28H32N8O2/c1-5-19(2)18-32-27(33-23-10-8-9-22(17-23)30-4)26(20(3)29)36(35-38)24-14-12-21(13-15-24)28(37)34-25-11-6-7-16-31-25/h6-18,30H,5,29H2,1-4H3,(H,32,33)(H,31,34,37)/b19-18+,26-20-. The highest BCUT2D eigenvalue weighted by atomic mass is 16.3. The van der Waals surface area contributed by atoms with Gasteiger partial charge in [0.05, 0.1) is 11.0 Å². The van der Waals surface area contributed by atoms with Crippen molar-refractivity contribution in [2.24, 2.45) is 16.0 Å². The van der Waals surface area contributed by atoms with Crippen molar-refractivity contribution < 1.29 is 4.79 Å². The van der Waals surface area contributed by atoms with Crippen molar-refractivity contribution in [2.45, 2.75) is 27.2 Å². The van der Waals surface area contributed by atoms with Gasteiger partial charge in [-0.2, -0.15) is 5.01 Å². The second-order valence-electron chi connectivity index (χ2n) is 8.40. The Labute approximate surface area is 222 Å². The van der Waals surface area contributed by atoms with Gasteiger partial charge in [-0.25, -0.2) is 9.98 Å². The lowest BCUT2D eigenvalue weighted by Gasteiger charge is -2.23. The van der Waals surface area contributed by atoms with Crippen LogP contribution in [-0.4, -0.2) is 23.8 Å². The van der Waals surface area contributed by atoms with Gasteiger partial charge in [0.25, 0.3) is 5.91 Å². The number of nitrogens with one attached hydrogen (secondary N) is 3. The lowest BCUT2D eigenvalue weighted by molar-refractivity contribution is 0.102. The van der Waals surface area contributed by atoms with E-state index in [1.54, 1.807) is 61.8 Å². The minimum Gasteiger partial charge on any atom is -0.400 e. The summed E-state index contributed by atoms with van der Waals surface area (Å²) in [5, 5.41) is 13.5. The first-order chi connectivity index (χ1) is 18.4. The fourth-order valence-corrected chi connectivity index (χ4v) is 3.36. The molecule has 1 heterocycles. The molecule has 2 aromatic carbocycles. The zero-order valence-corrected chi connectivity index (χ0v) is 21.9. The summed E-state index contributed by atoms with van der Waals surface area (Å²) in [5.41, 5.74) is 10.3. The summed E-state index contributed by atoms with van der Waals surface area (Å²) in [6.07, 6.45) is 4.13. The molecule has 38 heavy (non-hydrogen) atoms. The van der Waals surface area contributed by atoms with Crippen molar-refractivity contribution in [2.75, 3.05) is 28.0 Å². The number of aromatic nitrogens is 1. The van der Waals surface area contributed by atoms with E-state index < -0.39 is 0 Å². The zero-order chi connectivity index (χ0) is 27.5. The predicted molar refractivity (Wildman–Crippen MR) is 155 cm³/mol. The van der Waals surface area contributed by atoms with E-state index in [0.29, 0.717) is 28.6 Å². The van der Waals surface area contributed by atoms with Crippen molar-refractivity contribution in [3.05, 3.63) is 107 Å². The second kappa shape index (κ2) is 13.4. The van der Waals surface area contributed by atoms with Crippen LogP contribution in [0.3, 0.4) is 0 Å². The summed E-state index contributed by atoms with van der Waals surface area (Å²) in [5.74, 6) is 0.439. The molecular weight excluding hydrogens is 480 g/mol. The zero-order valence-electron chi connectivity index (χ0n) is 21.9. The molecule has 0 atom stereocenters. The summed E-state index contributed by atoms with van der Waals surface area (Å²) < 4.78 is 0. The quantitative estimate of drug-likeness (QED) is 0.115. The van der Waals surface area contributed by atoms with E-state index in [1.807, 2.05) is 45.2 Å². The maximum Gasteiger partial charge on any atom is 0.256 e. The average Bonchev–Trinajstić information content (AvgIpc) is 2.94. The van der Waals surface area contributed by atoms with E-state index in [9.17, 15) is 9.70 Å². The van der Waals surface area contributed by atoms with Crippen molar-refractivity contribution in [3.63, 3.8) is 0 Å². The molecule has 0 radical (unpaired) electrons.